The Morgan fingerprint density at radius 1 is 1.07 bits per heavy atom. The van der Waals surface area contributed by atoms with Crippen LogP contribution in [-0.4, -0.2) is 55.1 Å². The van der Waals surface area contributed by atoms with E-state index in [-0.39, 0.29) is 5.91 Å². The van der Waals surface area contributed by atoms with Gasteiger partial charge in [0, 0.05) is 61.4 Å². The van der Waals surface area contributed by atoms with Crippen LogP contribution in [0.3, 0.4) is 0 Å². The third kappa shape index (κ3) is 4.66. The number of carbonyl (C=O) groups is 1. The van der Waals surface area contributed by atoms with Crippen molar-refractivity contribution in [2.24, 2.45) is 5.73 Å². The first-order valence-electron chi connectivity index (χ1n) is 10.2. The summed E-state index contributed by atoms with van der Waals surface area (Å²) in [4.78, 5) is 21.7. The lowest BCUT2D eigenvalue weighted by Crippen LogP contribution is -2.49. The van der Waals surface area contributed by atoms with Crippen LogP contribution in [0.15, 0.2) is 54.6 Å². The molecule has 7 heteroatoms. The Bertz CT molecular complexity index is 1020. The van der Waals surface area contributed by atoms with E-state index < -0.39 is 0 Å². The standard InChI is InChI=1S/C23H26ClN5O/c24-18-7-5-17(6-8-18)15-23(30)29-13-11-28(12-14-29)22-16-21(26-10-9-25)19-3-1-2-4-20(19)27-22/h1-8,16H,9-15,25H2,(H,26,27). The van der Waals surface area contributed by atoms with Crippen LogP contribution in [0.25, 0.3) is 10.9 Å². The van der Waals surface area contributed by atoms with E-state index in [9.17, 15) is 4.79 Å². The first-order chi connectivity index (χ1) is 14.6. The summed E-state index contributed by atoms with van der Waals surface area (Å²) in [6, 6.07) is 17.7. The minimum Gasteiger partial charge on any atom is -0.383 e. The zero-order valence-corrected chi connectivity index (χ0v) is 17.6. The minimum atomic E-state index is 0.147. The van der Waals surface area contributed by atoms with Gasteiger partial charge >= 0.3 is 0 Å². The van der Waals surface area contributed by atoms with Gasteiger partial charge in [-0.05, 0) is 23.8 Å². The number of fused-ring (bicyclic) bond motifs is 1. The van der Waals surface area contributed by atoms with Crippen LogP contribution < -0.4 is 16.0 Å². The number of nitrogens with two attached hydrogens (primary N) is 1. The molecule has 2 heterocycles. The predicted molar refractivity (Wildman–Crippen MR) is 123 cm³/mol. The highest BCUT2D eigenvalue weighted by molar-refractivity contribution is 6.30. The predicted octanol–water partition coefficient (Wildman–Crippen LogP) is 3.15. The molecule has 6 nitrogen and oxygen atoms in total. The van der Waals surface area contributed by atoms with E-state index in [4.69, 9.17) is 22.3 Å². The summed E-state index contributed by atoms with van der Waals surface area (Å²) in [5, 5.41) is 5.18. The molecule has 2 aromatic carbocycles. The van der Waals surface area contributed by atoms with Crippen LogP contribution in [0.1, 0.15) is 5.56 Å². The molecule has 4 rings (SSSR count). The van der Waals surface area contributed by atoms with Crippen molar-refractivity contribution >= 4 is 39.9 Å². The van der Waals surface area contributed by atoms with E-state index in [1.807, 2.05) is 47.4 Å². The highest BCUT2D eigenvalue weighted by Crippen LogP contribution is 2.27. The molecular formula is C23H26ClN5O. The van der Waals surface area contributed by atoms with E-state index in [0.29, 0.717) is 37.6 Å². The molecule has 3 aromatic rings. The van der Waals surface area contributed by atoms with Crippen molar-refractivity contribution in [3.05, 3.63) is 65.2 Å². The molecule has 3 N–H and O–H groups in total. The minimum absolute atomic E-state index is 0.147. The zero-order valence-electron chi connectivity index (χ0n) is 16.9. The smallest absolute Gasteiger partial charge is 0.227 e. The number of amides is 1. The number of para-hydroxylation sites is 1. The molecule has 1 aliphatic rings. The molecule has 0 unspecified atom stereocenters. The largest absolute Gasteiger partial charge is 0.383 e. The second-order valence-corrected chi connectivity index (χ2v) is 7.87. The zero-order chi connectivity index (χ0) is 20.9. The van der Waals surface area contributed by atoms with Gasteiger partial charge in [0.05, 0.1) is 11.9 Å². The SMILES string of the molecule is NCCNc1cc(N2CCN(C(=O)Cc3ccc(Cl)cc3)CC2)nc2ccccc12. The number of nitrogens with zero attached hydrogens (tertiary/aromatic N) is 3. The molecule has 1 aromatic heterocycles. The second kappa shape index (κ2) is 9.32. The summed E-state index contributed by atoms with van der Waals surface area (Å²) < 4.78 is 0. The third-order valence-corrected chi connectivity index (χ3v) is 5.64. The molecule has 0 radical (unpaired) electrons. The molecule has 0 atom stereocenters. The van der Waals surface area contributed by atoms with Gasteiger partial charge in [0.1, 0.15) is 5.82 Å². The van der Waals surface area contributed by atoms with Gasteiger partial charge in [0.2, 0.25) is 5.91 Å². The average molecular weight is 424 g/mol. The van der Waals surface area contributed by atoms with Gasteiger partial charge in [-0.15, -0.1) is 0 Å². The lowest BCUT2D eigenvalue weighted by molar-refractivity contribution is -0.130. The maximum Gasteiger partial charge on any atom is 0.227 e. The lowest BCUT2D eigenvalue weighted by Gasteiger charge is -2.35. The molecule has 156 valence electrons. The lowest BCUT2D eigenvalue weighted by atomic mass is 10.1. The Hall–Kier alpha value is -2.83. The first-order valence-corrected chi connectivity index (χ1v) is 10.6. The molecule has 0 spiro atoms. The van der Waals surface area contributed by atoms with Gasteiger partial charge < -0.3 is 20.9 Å². The second-order valence-electron chi connectivity index (χ2n) is 7.43. The number of halogens is 1. The Balaban J connectivity index is 1.44. The number of hydrogen-bond donors (Lipinski definition) is 2. The third-order valence-electron chi connectivity index (χ3n) is 5.39. The van der Waals surface area contributed by atoms with Gasteiger partial charge in [-0.2, -0.15) is 0 Å². The van der Waals surface area contributed by atoms with Gasteiger partial charge in [0.25, 0.3) is 0 Å². The van der Waals surface area contributed by atoms with Crippen LogP contribution in [0, 0.1) is 0 Å². The monoisotopic (exact) mass is 423 g/mol. The average Bonchev–Trinajstić information content (AvgIpc) is 2.79. The Morgan fingerprint density at radius 2 is 1.80 bits per heavy atom. The number of carbonyl (C=O) groups excluding carboxylic acids is 1. The molecule has 1 saturated heterocycles. The first kappa shape index (κ1) is 20.4. The van der Waals surface area contributed by atoms with Crippen molar-refractivity contribution in [2.75, 3.05) is 49.5 Å². The van der Waals surface area contributed by atoms with E-state index in [1.54, 1.807) is 0 Å². The summed E-state index contributed by atoms with van der Waals surface area (Å²) in [7, 11) is 0. The molecule has 30 heavy (non-hydrogen) atoms. The van der Waals surface area contributed by atoms with E-state index >= 15 is 0 Å². The van der Waals surface area contributed by atoms with Crippen molar-refractivity contribution in [3.8, 4) is 0 Å². The quantitative estimate of drug-likeness (QED) is 0.637. The van der Waals surface area contributed by atoms with E-state index in [0.717, 1.165) is 41.1 Å². The van der Waals surface area contributed by atoms with Gasteiger partial charge in [-0.1, -0.05) is 41.9 Å². The fourth-order valence-electron chi connectivity index (χ4n) is 3.75. The maximum atomic E-state index is 12.7. The van der Waals surface area contributed by atoms with E-state index in [2.05, 4.69) is 22.3 Å². The van der Waals surface area contributed by atoms with Crippen molar-refractivity contribution in [1.29, 1.82) is 0 Å². The van der Waals surface area contributed by atoms with Crippen LogP contribution in [0.5, 0.6) is 0 Å². The summed E-state index contributed by atoms with van der Waals surface area (Å²) in [5.41, 5.74) is 8.66. The summed E-state index contributed by atoms with van der Waals surface area (Å²) in [6.45, 7) is 4.17. The topological polar surface area (TPSA) is 74.5 Å². The van der Waals surface area contributed by atoms with Crippen molar-refractivity contribution in [1.82, 2.24) is 9.88 Å². The van der Waals surface area contributed by atoms with Crippen molar-refractivity contribution in [3.63, 3.8) is 0 Å². The highest BCUT2D eigenvalue weighted by Gasteiger charge is 2.22. The van der Waals surface area contributed by atoms with Crippen LogP contribution in [-0.2, 0) is 11.2 Å². The fourth-order valence-corrected chi connectivity index (χ4v) is 3.88. The fraction of sp³-hybridized carbons (Fsp3) is 0.304. The molecule has 0 saturated carbocycles. The van der Waals surface area contributed by atoms with E-state index in [1.165, 1.54) is 0 Å². The molecular weight excluding hydrogens is 398 g/mol. The Labute approximate surface area is 181 Å². The van der Waals surface area contributed by atoms with Crippen LogP contribution in [0.4, 0.5) is 11.5 Å². The number of nitrogens with one attached hydrogen (secondary N) is 1. The maximum absolute atomic E-state index is 12.7. The molecule has 1 aliphatic heterocycles. The number of anilines is 2. The summed E-state index contributed by atoms with van der Waals surface area (Å²) in [6.07, 6.45) is 0.401. The van der Waals surface area contributed by atoms with Crippen LogP contribution >= 0.6 is 11.6 Å². The van der Waals surface area contributed by atoms with Crippen molar-refractivity contribution in [2.45, 2.75) is 6.42 Å². The van der Waals surface area contributed by atoms with Gasteiger partial charge in [-0.25, -0.2) is 4.98 Å². The number of pyridine rings is 1. The number of benzene rings is 2. The van der Waals surface area contributed by atoms with Crippen molar-refractivity contribution < 1.29 is 4.79 Å². The van der Waals surface area contributed by atoms with Gasteiger partial charge in [0.15, 0.2) is 0 Å². The van der Waals surface area contributed by atoms with Gasteiger partial charge in [-0.3, -0.25) is 4.79 Å². The number of aromatic nitrogens is 1. The molecule has 1 fully saturated rings. The molecule has 0 aliphatic carbocycles. The summed E-state index contributed by atoms with van der Waals surface area (Å²) >= 11 is 5.93. The Kier molecular flexibility index (Phi) is 6.35. The van der Waals surface area contributed by atoms with Crippen LogP contribution in [0.2, 0.25) is 5.02 Å². The molecule has 1 amide bonds. The molecule has 0 bridgehead atoms. The summed E-state index contributed by atoms with van der Waals surface area (Å²) in [5.74, 6) is 1.08. The normalized spacial score (nSPS) is 14.2. The highest BCUT2D eigenvalue weighted by atomic mass is 35.5. The number of hydrogen-bond acceptors (Lipinski definition) is 5. The Morgan fingerprint density at radius 3 is 2.53 bits per heavy atom. The number of piperazine rings is 1. The number of rotatable bonds is 6.